The zero-order valence-electron chi connectivity index (χ0n) is 9.80. The first-order chi connectivity index (χ1) is 8.55. The molecule has 18 heavy (non-hydrogen) atoms. The van der Waals surface area contributed by atoms with E-state index in [4.69, 9.17) is 22.1 Å². The fraction of sp³-hybridized carbons (Fsp3) is 0.455. The summed E-state index contributed by atoms with van der Waals surface area (Å²) >= 11 is 6.02. The average molecular weight is 291 g/mol. The van der Waals surface area contributed by atoms with Gasteiger partial charge in [-0.05, 0) is 17.7 Å². The molecule has 0 saturated carbocycles. The Morgan fingerprint density at radius 2 is 2.00 bits per heavy atom. The van der Waals surface area contributed by atoms with E-state index in [0.29, 0.717) is 32.8 Å². The van der Waals surface area contributed by atoms with Crippen molar-refractivity contribution >= 4 is 21.6 Å². The number of hydrogen-bond acceptors (Lipinski definition) is 4. The SMILES string of the molecule is NCc1ccc(S(=O)(=O)N2CCOCC2)c(Cl)c1. The van der Waals surface area contributed by atoms with Gasteiger partial charge in [-0.2, -0.15) is 4.31 Å². The second kappa shape index (κ2) is 5.54. The van der Waals surface area contributed by atoms with Gasteiger partial charge in [0.25, 0.3) is 0 Å². The van der Waals surface area contributed by atoms with Gasteiger partial charge in [-0.3, -0.25) is 0 Å². The van der Waals surface area contributed by atoms with Crippen molar-refractivity contribution in [3.8, 4) is 0 Å². The first kappa shape index (κ1) is 13.8. The fourth-order valence-corrected chi connectivity index (χ4v) is 3.76. The molecular formula is C11H15ClN2O3S. The molecule has 1 heterocycles. The summed E-state index contributed by atoms with van der Waals surface area (Å²) in [5.74, 6) is 0. The van der Waals surface area contributed by atoms with Gasteiger partial charge in [-0.15, -0.1) is 0 Å². The summed E-state index contributed by atoms with van der Waals surface area (Å²) in [5.41, 5.74) is 6.29. The number of benzene rings is 1. The molecule has 0 unspecified atom stereocenters. The zero-order valence-corrected chi connectivity index (χ0v) is 11.4. The third-order valence-corrected chi connectivity index (χ3v) is 5.20. The van der Waals surface area contributed by atoms with Crippen LogP contribution in [0, 0.1) is 0 Å². The second-order valence-corrected chi connectivity index (χ2v) is 6.30. The van der Waals surface area contributed by atoms with Crippen LogP contribution in [0.3, 0.4) is 0 Å². The van der Waals surface area contributed by atoms with Gasteiger partial charge in [0, 0.05) is 19.6 Å². The summed E-state index contributed by atoms with van der Waals surface area (Å²) in [4.78, 5) is 0.128. The highest BCUT2D eigenvalue weighted by molar-refractivity contribution is 7.89. The summed E-state index contributed by atoms with van der Waals surface area (Å²) in [6.45, 7) is 1.88. The lowest BCUT2D eigenvalue weighted by Crippen LogP contribution is -2.40. The minimum absolute atomic E-state index is 0.128. The Kier molecular flexibility index (Phi) is 4.24. The average Bonchev–Trinajstić information content (AvgIpc) is 2.39. The third-order valence-electron chi connectivity index (χ3n) is 2.82. The zero-order chi connectivity index (χ0) is 13.2. The Morgan fingerprint density at radius 3 is 2.56 bits per heavy atom. The Balaban J connectivity index is 2.34. The van der Waals surface area contributed by atoms with Gasteiger partial charge in [0.05, 0.1) is 18.2 Å². The molecule has 1 saturated heterocycles. The van der Waals surface area contributed by atoms with Crippen molar-refractivity contribution in [2.24, 2.45) is 5.73 Å². The summed E-state index contributed by atoms with van der Waals surface area (Å²) in [6.07, 6.45) is 0. The molecule has 0 aromatic heterocycles. The maximum absolute atomic E-state index is 12.4. The van der Waals surface area contributed by atoms with Gasteiger partial charge in [0.15, 0.2) is 0 Å². The number of morpholine rings is 1. The topological polar surface area (TPSA) is 72.6 Å². The predicted octanol–water partition coefficient (Wildman–Crippen LogP) is 0.820. The lowest BCUT2D eigenvalue weighted by atomic mass is 10.2. The van der Waals surface area contributed by atoms with E-state index in [9.17, 15) is 8.42 Å². The normalized spacial score (nSPS) is 17.9. The van der Waals surface area contributed by atoms with Crippen LogP contribution in [-0.2, 0) is 21.3 Å². The molecule has 2 N–H and O–H groups in total. The summed E-state index contributed by atoms with van der Waals surface area (Å²) in [7, 11) is -3.54. The number of nitrogens with two attached hydrogens (primary N) is 1. The van der Waals surface area contributed by atoms with Gasteiger partial charge >= 0.3 is 0 Å². The van der Waals surface area contributed by atoms with Crippen molar-refractivity contribution < 1.29 is 13.2 Å². The van der Waals surface area contributed by atoms with E-state index >= 15 is 0 Å². The third kappa shape index (κ3) is 2.67. The largest absolute Gasteiger partial charge is 0.379 e. The number of ether oxygens (including phenoxy) is 1. The predicted molar refractivity (Wildman–Crippen MR) is 68.9 cm³/mol. The van der Waals surface area contributed by atoms with Gasteiger partial charge in [-0.1, -0.05) is 17.7 Å². The standard InChI is InChI=1S/C11H15ClN2O3S/c12-10-7-9(8-13)1-2-11(10)18(15,16)14-3-5-17-6-4-14/h1-2,7H,3-6,8,13H2. The number of nitrogens with zero attached hydrogens (tertiary/aromatic N) is 1. The Labute approximate surface area is 112 Å². The minimum atomic E-state index is -3.54. The van der Waals surface area contributed by atoms with Crippen LogP contribution in [0.15, 0.2) is 23.1 Å². The monoisotopic (exact) mass is 290 g/mol. The van der Waals surface area contributed by atoms with Gasteiger partial charge < -0.3 is 10.5 Å². The van der Waals surface area contributed by atoms with Crippen LogP contribution in [0.2, 0.25) is 5.02 Å². The second-order valence-electron chi connectivity index (χ2n) is 3.99. The Hall–Kier alpha value is -0.660. The Bertz CT molecular complexity index is 527. The van der Waals surface area contributed by atoms with Gasteiger partial charge in [0.2, 0.25) is 10.0 Å². The highest BCUT2D eigenvalue weighted by atomic mass is 35.5. The molecule has 1 aromatic carbocycles. The lowest BCUT2D eigenvalue weighted by Gasteiger charge is -2.26. The summed E-state index contributed by atoms with van der Waals surface area (Å²) in [6, 6.07) is 4.78. The molecule has 0 spiro atoms. The van der Waals surface area contributed by atoms with Crippen LogP contribution in [0.5, 0.6) is 0 Å². The smallest absolute Gasteiger partial charge is 0.244 e. The summed E-state index contributed by atoms with van der Waals surface area (Å²) in [5, 5.41) is 0.212. The van der Waals surface area contributed by atoms with Crippen molar-refractivity contribution in [1.82, 2.24) is 4.31 Å². The molecule has 2 rings (SSSR count). The van der Waals surface area contributed by atoms with Crippen LogP contribution in [-0.4, -0.2) is 39.0 Å². The molecule has 1 aliphatic heterocycles. The van der Waals surface area contributed by atoms with Gasteiger partial charge in [0.1, 0.15) is 4.90 Å². The molecule has 0 radical (unpaired) electrons. The van der Waals surface area contributed by atoms with Crippen LogP contribution in [0.25, 0.3) is 0 Å². The number of rotatable bonds is 3. The van der Waals surface area contributed by atoms with E-state index in [1.54, 1.807) is 12.1 Å². The molecule has 0 aliphatic carbocycles. The molecule has 1 fully saturated rings. The van der Waals surface area contributed by atoms with E-state index in [1.165, 1.54) is 10.4 Å². The van der Waals surface area contributed by atoms with Crippen LogP contribution >= 0.6 is 11.6 Å². The molecule has 0 bridgehead atoms. The minimum Gasteiger partial charge on any atom is -0.379 e. The molecule has 1 aliphatic rings. The number of sulfonamides is 1. The molecule has 100 valence electrons. The Morgan fingerprint density at radius 1 is 1.33 bits per heavy atom. The van der Waals surface area contributed by atoms with E-state index in [0.717, 1.165) is 5.56 Å². The van der Waals surface area contributed by atoms with Crippen molar-refractivity contribution in [2.45, 2.75) is 11.4 Å². The molecular weight excluding hydrogens is 276 g/mol. The maximum atomic E-state index is 12.4. The molecule has 0 atom stereocenters. The van der Waals surface area contributed by atoms with Crippen molar-refractivity contribution in [3.05, 3.63) is 28.8 Å². The lowest BCUT2D eigenvalue weighted by molar-refractivity contribution is 0.0730. The van der Waals surface area contributed by atoms with Crippen LogP contribution in [0.4, 0.5) is 0 Å². The van der Waals surface area contributed by atoms with Crippen molar-refractivity contribution in [2.75, 3.05) is 26.3 Å². The van der Waals surface area contributed by atoms with E-state index < -0.39 is 10.0 Å². The maximum Gasteiger partial charge on any atom is 0.244 e. The fourth-order valence-electron chi connectivity index (χ4n) is 1.81. The first-order valence-electron chi connectivity index (χ1n) is 5.62. The molecule has 0 amide bonds. The van der Waals surface area contributed by atoms with E-state index in [1.807, 2.05) is 0 Å². The van der Waals surface area contributed by atoms with E-state index in [2.05, 4.69) is 0 Å². The molecule has 5 nitrogen and oxygen atoms in total. The molecule has 7 heteroatoms. The van der Waals surface area contributed by atoms with Crippen molar-refractivity contribution in [3.63, 3.8) is 0 Å². The van der Waals surface area contributed by atoms with Crippen molar-refractivity contribution in [1.29, 1.82) is 0 Å². The van der Waals surface area contributed by atoms with Crippen LogP contribution < -0.4 is 5.73 Å². The highest BCUT2D eigenvalue weighted by Crippen LogP contribution is 2.26. The number of halogens is 1. The van der Waals surface area contributed by atoms with Gasteiger partial charge in [-0.25, -0.2) is 8.42 Å². The van der Waals surface area contributed by atoms with E-state index in [-0.39, 0.29) is 9.92 Å². The summed E-state index contributed by atoms with van der Waals surface area (Å²) < 4.78 is 31.3. The quantitative estimate of drug-likeness (QED) is 0.894. The highest BCUT2D eigenvalue weighted by Gasteiger charge is 2.28. The van der Waals surface area contributed by atoms with Crippen LogP contribution in [0.1, 0.15) is 5.56 Å². The number of hydrogen-bond donors (Lipinski definition) is 1. The first-order valence-corrected chi connectivity index (χ1v) is 7.44. The molecule has 1 aromatic rings.